The van der Waals surface area contributed by atoms with Crippen LogP contribution >= 0.6 is 11.3 Å². The van der Waals surface area contributed by atoms with Crippen LogP contribution < -0.4 is 4.74 Å². The standard InChI is InChI=1S/C14H14N2O2S/c1-2-18-13-6-4-3-5-11(13)12-9-19-14-15-10(8-17)7-16(12)14/h3-7,9,17H,2,8H2,1H3. The number of ether oxygens (including phenoxy) is 1. The van der Waals surface area contributed by atoms with Gasteiger partial charge in [-0.15, -0.1) is 11.3 Å². The summed E-state index contributed by atoms with van der Waals surface area (Å²) in [6.45, 7) is 2.57. The Kier molecular flexibility index (Phi) is 3.23. The maximum absolute atomic E-state index is 9.16. The molecule has 98 valence electrons. The molecule has 0 amide bonds. The van der Waals surface area contributed by atoms with Crippen molar-refractivity contribution in [2.75, 3.05) is 6.61 Å². The van der Waals surface area contributed by atoms with Crippen molar-refractivity contribution in [3.63, 3.8) is 0 Å². The first-order chi connectivity index (χ1) is 9.33. The highest BCUT2D eigenvalue weighted by atomic mass is 32.1. The van der Waals surface area contributed by atoms with E-state index < -0.39 is 0 Å². The third-order valence-corrected chi connectivity index (χ3v) is 3.72. The molecular formula is C14H14N2O2S. The summed E-state index contributed by atoms with van der Waals surface area (Å²) in [7, 11) is 0. The molecule has 3 aromatic rings. The third kappa shape index (κ3) is 2.11. The van der Waals surface area contributed by atoms with Crippen LogP contribution in [0.25, 0.3) is 16.2 Å². The summed E-state index contributed by atoms with van der Waals surface area (Å²) < 4.78 is 7.66. The SMILES string of the molecule is CCOc1ccccc1-c1csc2nc(CO)cn12. The van der Waals surface area contributed by atoms with Gasteiger partial charge in [-0.3, -0.25) is 4.40 Å². The largest absolute Gasteiger partial charge is 0.493 e. The highest BCUT2D eigenvalue weighted by molar-refractivity contribution is 7.15. The van der Waals surface area contributed by atoms with Gasteiger partial charge in [-0.05, 0) is 19.1 Å². The fourth-order valence-corrected chi connectivity index (χ4v) is 2.95. The Morgan fingerprint density at radius 3 is 3.00 bits per heavy atom. The van der Waals surface area contributed by atoms with Crippen LogP contribution in [0.15, 0.2) is 35.8 Å². The predicted octanol–water partition coefficient (Wildman–Crippen LogP) is 2.95. The summed E-state index contributed by atoms with van der Waals surface area (Å²) >= 11 is 1.56. The molecule has 0 aliphatic rings. The van der Waals surface area contributed by atoms with E-state index in [1.807, 2.05) is 41.8 Å². The van der Waals surface area contributed by atoms with Gasteiger partial charge in [-0.25, -0.2) is 4.98 Å². The summed E-state index contributed by atoms with van der Waals surface area (Å²) in [6.07, 6.45) is 1.86. The lowest BCUT2D eigenvalue weighted by molar-refractivity contribution is 0.277. The Morgan fingerprint density at radius 2 is 2.21 bits per heavy atom. The minimum absolute atomic E-state index is 0.0407. The average Bonchev–Trinajstić information content (AvgIpc) is 2.99. The van der Waals surface area contributed by atoms with E-state index in [-0.39, 0.29) is 6.61 Å². The van der Waals surface area contributed by atoms with Gasteiger partial charge in [0.25, 0.3) is 0 Å². The summed E-state index contributed by atoms with van der Waals surface area (Å²) in [6, 6.07) is 7.95. The molecule has 0 unspecified atom stereocenters. The lowest BCUT2D eigenvalue weighted by Crippen LogP contribution is -1.95. The summed E-state index contributed by atoms with van der Waals surface area (Å²) in [5, 5.41) is 11.2. The Hall–Kier alpha value is -1.85. The summed E-state index contributed by atoms with van der Waals surface area (Å²) in [4.78, 5) is 5.22. The van der Waals surface area contributed by atoms with E-state index in [0.717, 1.165) is 22.0 Å². The van der Waals surface area contributed by atoms with Gasteiger partial charge in [0.1, 0.15) is 5.75 Å². The molecule has 0 aliphatic carbocycles. The molecule has 0 fully saturated rings. The van der Waals surface area contributed by atoms with Crippen molar-refractivity contribution in [3.8, 4) is 17.0 Å². The molecule has 0 aliphatic heterocycles. The van der Waals surface area contributed by atoms with Gasteiger partial charge < -0.3 is 9.84 Å². The Bertz CT molecular complexity index is 702. The van der Waals surface area contributed by atoms with Crippen LogP contribution in [0.5, 0.6) is 5.75 Å². The summed E-state index contributed by atoms with van der Waals surface area (Å²) in [5.41, 5.74) is 2.76. The second-order valence-electron chi connectivity index (χ2n) is 4.09. The fourth-order valence-electron chi connectivity index (χ4n) is 2.06. The molecule has 0 saturated carbocycles. The zero-order valence-electron chi connectivity index (χ0n) is 10.5. The minimum Gasteiger partial charge on any atom is -0.493 e. The first kappa shape index (κ1) is 12.2. The van der Waals surface area contributed by atoms with E-state index in [0.29, 0.717) is 12.3 Å². The van der Waals surface area contributed by atoms with Crippen molar-refractivity contribution in [1.29, 1.82) is 0 Å². The number of rotatable bonds is 4. The third-order valence-electron chi connectivity index (χ3n) is 2.88. The number of hydrogen-bond donors (Lipinski definition) is 1. The number of aromatic nitrogens is 2. The van der Waals surface area contributed by atoms with Crippen molar-refractivity contribution in [2.24, 2.45) is 0 Å². The monoisotopic (exact) mass is 274 g/mol. The molecule has 5 heteroatoms. The highest BCUT2D eigenvalue weighted by Gasteiger charge is 2.12. The van der Waals surface area contributed by atoms with Gasteiger partial charge in [-0.1, -0.05) is 12.1 Å². The van der Waals surface area contributed by atoms with Gasteiger partial charge in [0.05, 0.1) is 24.6 Å². The average molecular weight is 274 g/mol. The first-order valence-electron chi connectivity index (χ1n) is 6.12. The molecule has 2 aromatic heterocycles. The van der Waals surface area contributed by atoms with E-state index in [1.165, 1.54) is 0 Å². The van der Waals surface area contributed by atoms with Crippen LogP contribution in [0.1, 0.15) is 12.6 Å². The number of hydrogen-bond acceptors (Lipinski definition) is 4. The number of aliphatic hydroxyl groups excluding tert-OH is 1. The molecule has 0 spiro atoms. The highest BCUT2D eigenvalue weighted by Crippen LogP contribution is 2.33. The molecule has 0 bridgehead atoms. The van der Waals surface area contributed by atoms with Crippen molar-refractivity contribution >= 4 is 16.3 Å². The van der Waals surface area contributed by atoms with E-state index in [9.17, 15) is 0 Å². The number of nitrogens with zero attached hydrogens (tertiary/aromatic N) is 2. The second kappa shape index (κ2) is 5.03. The number of thiazole rings is 1. The van der Waals surface area contributed by atoms with Crippen LogP contribution in [0, 0.1) is 0 Å². The number of para-hydroxylation sites is 1. The van der Waals surface area contributed by atoms with Gasteiger partial charge in [0.2, 0.25) is 0 Å². The van der Waals surface area contributed by atoms with Crippen LogP contribution in [0.4, 0.5) is 0 Å². The normalized spacial score (nSPS) is 11.1. The molecule has 0 atom stereocenters. The van der Waals surface area contributed by atoms with Gasteiger partial charge in [-0.2, -0.15) is 0 Å². The lowest BCUT2D eigenvalue weighted by atomic mass is 10.1. The second-order valence-corrected chi connectivity index (χ2v) is 4.93. The molecule has 4 nitrogen and oxygen atoms in total. The molecule has 1 aromatic carbocycles. The Morgan fingerprint density at radius 1 is 1.37 bits per heavy atom. The van der Waals surface area contributed by atoms with Crippen LogP contribution in [-0.4, -0.2) is 21.1 Å². The molecular weight excluding hydrogens is 260 g/mol. The van der Waals surface area contributed by atoms with Crippen molar-refractivity contribution in [3.05, 3.63) is 41.5 Å². The van der Waals surface area contributed by atoms with Gasteiger partial charge in [0.15, 0.2) is 4.96 Å². The number of fused-ring (bicyclic) bond motifs is 1. The van der Waals surface area contributed by atoms with Crippen molar-refractivity contribution in [1.82, 2.24) is 9.38 Å². The molecule has 0 saturated heterocycles. The summed E-state index contributed by atoms with van der Waals surface area (Å²) in [5.74, 6) is 0.865. The van der Waals surface area contributed by atoms with Crippen molar-refractivity contribution in [2.45, 2.75) is 13.5 Å². The minimum atomic E-state index is -0.0407. The van der Waals surface area contributed by atoms with Crippen LogP contribution in [0.3, 0.4) is 0 Å². The zero-order chi connectivity index (χ0) is 13.2. The topological polar surface area (TPSA) is 46.8 Å². The predicted molar refractivity (Wildman–Crippen MR) is 75.6 cm³/mol. The number of aliphatic hydroxyl groups is 1. The van der Waals surface area contributed by atoms with E-state index in [4.69, 9.17) is 9.84 Å². The van der Waals surface area contributed by atoms with Crippen LogP contribution in [-0.2, 0) is 6.61 Å². The molecule has 0 radical (unpaired) electrons. The molecule has 1 N–H and O–H groups in total. The number of imidazole rings is 1. The van der Waals surface area contributed by atoms with Gasteiger partial charge in [0, 0.05) is 17.1 Å². The lowest BCUT2D eigenvalue weighted by Gasteiger charge is -2.08. The first-order valence-corrected chi connectivity index (χ1v) is 7.00. The van der Waals surface area contributed by atoms with Crippen LogP contribution in [0.2, 0.25) is 0 Å². The fraction of sp³-hybridized carbons (Fsp3) is 0.214. The smallest absolute Gasteiger partial charge is 0.194 e. The van der Waals surface area contributed by atoms with E-state index in [1.54, 1.807) is 11.3 Å². The Labute approximate surface area is 114 Å². The van der Waals surface area contributed by atoms with E-state index in [2.05, 4.69) is 10.4 Å². The maximum atomic E-state index is 9.16. The van der Waals surface area contributed by atoms with Crippen molar-refractivity contribution < 1.29 is 9.84 Å². The van der Waals surface area contributed by atoms with Gasteiger partial charge >= 0.3 is 0 Å². The molecule has 3 rings (SSSR count). The number of benzene rings is 1. The molecule has 2 heterocycles. The maximum Gasteiger partial charge on any atom is 0.194 e. The quantitative estimate of drug-likeness (QED) is 0.795. The molecule has 19 heavy (non-hydrogen) atoms. The van der Waals surface area contributed by atoms with E-state index >= 15 is 0 Å². The zero-order valence-corrected chi connectivity index (χ0v) is 11.4. The Balaban J connectivity index is 2.15.